The second-order valence-corrected chi connectivity index (χ2v) is 9.22. The zero-order chi connectivity index (χ0) is 26.6. The number of benzene rings is 1. The monoisotopic (exact) mass is 526 g/mol. The third-order valence-electron chi connectivity index (χ3n) is 6.42. The molecule has 0 radical (unpaired) electrons. The summed E-state index contributed by atoms with van der Waals surface area (Å²) < 4.78 is 64.0. The highest BCUT2D eigenvalue weighted by molar-refractivity contribution is 5.91. The first-order valence-corrected chi connectivity index (χ1v) is 12.1. The van der Waals surface area contributed by atoms with E-state index in [4.69, 9.17) is 14.6 Å². The third kappa shape index (κ3) is 7.01. The van der Waals surface area contributed by atoms with Crippen molar-refractivity contribution in [1.82, 2.24) is 9.88 Å². The average Bonchev–Trinajstić information content (AvgIpc) is 3.31. The number of likely N-dealkylation sites (tertiary alicyclic amines) is 1. The molecule has 1 aromatic carbocycles. The highest BCUT2D eigenvalue weighted by atomic mass is 19.4. The van der Waals surface area contributed by atoms with Gasteiger partial charge in [-0.05, 0) is 54.2 Å². The number of aliphatic hydroxyl groups excluding tert-OH is 1. The number of nitrogens with zero attached hydrogens (tertiary/aromatic N) is 3. The fourth-order valence-corrected chi connectivity index (χ4v) is 4.61. The lowest BCUT2D eigenvalue weighted by Crippen LogP contribution is -2.36. The number of pyridine rings is 1. The predicted molar refractivity (Wildman–Crippen MR) is 129 cm³/mol. The Balaban J connectivity index is 1.58. The summed E-state index contributed by atoms with van der Waals surface area (Å²) in [5, 5.41) is 11.7. The van der Waals surface area contributed by atoms with Crippen LogP contribution in [0.1, 0.15) is 18.4 Å². The van der Waals surface area contributed by atoms with E-state index in [1.807, 2.05) is 11.0 Å². The van der Waals surface area contributed by atoms with Crippen LogP contribution in [0.2, 0.25) is 0 Å². The molecule has 4 rings (SSSR count). The van der Waals surface area contributed by atoms with E-state index < -0.39 is 30.4 Å². The van der Waals surface area contributed by atoms with Gasteiger partial charge in [0.05, 0.1) is 25.5 Å². The number of ether oxygens (including phenoxy) is 2. The van der Waals surface area contributed by atoms with Gasteiger partial charge in [0, 0.05) is 38.7 Å². The van der Waals surface area contributed by atoms with Gasteiger partial charge >= 0.3 is 12.2 Å². The molecule has 2 amide bonds. The number of urea groups is 1. The molecule has 12 heteroatoms. The van der Waals surface area contributed by atoms with E-state index in [-0.39, 0.29) is 44.3 Å². The van der Waals surface area contributed by atoms with Gasteiger partial charge in [0.1, 0.15) is 18.2 Å². The first-order valence-electron chi connectivity index (χ1n) is 12.1. The number of alkyl halides is 3. The summed E-state index contributed by atoms with van der Waals surface area (Å²) in [6, 6.07) is 5.66. The van der Waals surface area contributed by atoms with Crippen LogP contribution in [-0.2, 0) is 4.74 Å². The van der Waals surface area contributed by atoms with Crippen LogP contribution in [0.25, 0.3) is 11.1 Å². The minimum atomic E-state index is -4.29. The number of halogens is 4. The number of hydrogen-bond acceptors (Lipinski definition) is 6. The topological polar surface area (TPSA) is 87.2 Å². The van der Waals surface area contributed by atoms with E-state index >= 15 is 0 Å². The Morgan fingerprint density at radius 1 is 1.22 bits per heavy atom. The molecule has 37 heavy (non-hydrogen) atoms. The van der Waals surface area contributed by atoms with Gasteiger partial charge < -0.3 is 29.7 Å². The van der Waals surface area contributed by atoms with Gasteiger partial charge in [-0.1, -0.05) is 0 Å². The minimum Gasteiger partial charge on any atom is -0.475 e. The van der Waals surface area contributed by atoms with E-state index in [2.05, 4.69) is 10.3 Å². The largest absolute Gasteiger partial charge is 0.475 e. The zero-order valence-electron chi connectivity index (χ0n) is 20.5. The second kappa shape index (κ2) is 11.5. The third-order valence-corrected chi connectivity index (χ3v) is 6.42. The fraction of sp³-hybridized carbons (Fsp3) is 0.520. The second-order valence-electron chi connectivity index (χ2n) is 9.22. The lowest BCUT2D eigenvalue weighted by Gasteiger charge is -2.28. The summed E-state index contributed by atoms with van der Waals surface area (Å²) in [6.07, 6.45) is -5.00. The normalized spacial score (nSPS) is 18.3. The van der Waals surface area contributed by atoms with Gasteiger partial charge in [-0.2, -0.15) is 18.2 Å². The average molecular weight is 527 g/mol. The molecule has 2 saturated heterocycles. The number of aromatic nitrogens is 1. The summed E-state index contributed by atoms with van der Waals surface area (Å²) in [4.78, 5) is 20.6. The lowest BCUT2D eigenvalue weighted by molar-refractivity contribution is -0.143. The predicted octanol–water partition coefficient (Wildman–Crippen LogP) is 4.21. The van der Waals surface area contributed by atoms with Crippen LogP contribution in [0, 0.1) is 18.7 Å². The van der Waals surface area contributed by atoms with E-state index in [0.29, 0.717) is 48.8 Å². The zero-order valence-corrected chi connectivity index (χ0v) is 20.5. The van der Waals surface area contributed by atoms with Gasteiger partial charge in [-0.25, -0.2) is 9.18 Å². The van der Waals surface area contributed by atoms with Crippen LogP contribution in [0.15, 0.2) is 24.3 Å². The van der Waals surface area contributed by atoms with Crippen LogP contribution < -0.4 is 15.0 Å². The van der Waals surface area contributed by atoms with E-state index in [1.54, 1.807) is 13.0 Å². The van der Waals surface area contributed by atoms with Crippen LogP contribution >= 0.6 is 0 Å². The summed E-state index contributed by atoms with van der Waals surface area (Å²) in [5.74, 6) is -0.400. The van der Waals surface area contributed by atoms with Crippen molar-refractivity contribution in [2.45, 2.75) is 25.9 Å². The highest BCUT2D eigenvalue weighted by Crippen LogP contribution is 2.34. The van der Waals surface area contributed by atoms with Gasteiger partial charge in [-0.3, -0.25) is 0 Å². The van der Waals surface area contributed by atoms with E-state index in [9.17, 15) is 22.4 Å². The smallest absolute Gasteiger partial charge is 0.389 e. The molecule has 2 N–H and O–H groups in total. The summed E-state index contributed by atoms with van der Waals surface area (Å²) >= 11 is 0. The molecular formula is C25H30F4N4O4. The number of nitrogens with one attached hydrogen (secondary N) is 1. The Bertz CT molecular complexity index is 1110. The van der Waals surface area contributed by atoms with Crippen molar-refractivity contribution < 1.29 is 36.9 Å². The number of carbonyl (C=O) groups is 1. The fourth-order valence-electron chi connectivity index (χ4n) is 4.61. The van der Waals surface area contributed by atoms with Crippen molar-refractivity contribution >= 4 is 17.5 Å². The van der Waals surface area contributed by atoms with Gasteiger partial charge in [0.15, 0.2) is 0 Å². The molecule has 1 aromatic heterocycles. The highest BCUT2D eigenvalue weighted by Gasteiger charge is 2.36. The molecule has 2 aliphatic rings. The quantitative estimate of drug-likeness (QED) is 0.526. The number of morpholine rings is 1. The molecule has 3 heterocycles. The maximum atomic E-state index is 14.8. The van der Waals surface area contributed by atoms with E-state index in [1.165, 1.54) is 17.0 Å². The molecule has 0 bridgehead atoms. The first-order chi connectivity index (χ1) is 17.6. The van der Waals surface area contributed by atoms with Gasteiger partial charge in [0.25, 0.3) is 0 Å². The SMILES string of the molecule is Cc1cc(F)c(NC(=O)N2CC[C@H](CC(F)(F)F)C2)cc1-c1cc(OCCO)nc(N2CCOCC2)c1. The van der Waals surface area contributed by atoms with E-state index in [0.717, 1.165) is 0 Å². The van der Waals surface area contributed by atoms with Crippen molar-refractivity contribution in [3.8, 4) is 17.0 Å². The number of carbonyl (C=O) groups excluding carboxylic acids is 1. The first kappa shape index (κ1) is 26.9. The van der Waals surface area contributed by atoms with Crippen molar-refractivity contribution in [1.29, 1.82) is 0 Å². The lowest BCUT2D eigenvalue weighted by atomic mass is 10.00. The Morgan fingerprint density at radius 3 is 2.68 bits per heavy atom. The van der Waals surface area contributed by atoms with Crippen LogP contribution in [0.3, 0.4) is 0 Å². The molecule has 2 aliphatic heterocycles. The molecular weight excluding hydrogens is 496 g/mol. The Labute approximate surface area is 212 Å². The molecule has 1 atom stereocenters. The molecule has 0 spiro atoms. The number of hydrogen-bond donors (Lipinski definition) is 2. The Kier molecular flexibility index (Phi) is 8.38. The molecule has 0 aliphatic carbocycles. The Morgan fingerprint density at radius 2 is 1.97 bits per heavy atom. The number of anilines is 2. The van der Waals surface area contributed by atoms with Crippen molar-refractivity contribution in [2.24, 2.45) is 5.92 Å². The van der Waals surface area contributed by atoms with Crippen LogP contribution in [-0.4, -0.2) is 79.8 Å². The maximum absolute atomic E-state index is 14.8. The molecule has 0 unspecified atom stereocenters. The maximum Gasteiger partial charge on any atom is 0.389 e. The summed E-state index contributed by atoms with van der Waals surface area (Å²) in [7, 11) is 0. The summed E-state index contributed by atoms with van der Waals surface area (Å²) in [5.41, 5.74) is 1.82. The van der Waals surface area contributed by atoms with Crippen molar-refractivity contribution in [3.63, 3.8) is 0 Å². The molecule has 2 aromatic rings. The Hall–Kier alpha value is -3.12. The van der Waals surface area contributed by atoms with Crippen LogP contribution in [0.4, 0.5) is 33.9 Å². The minimum absolute atomic E-state index is 0.0372. The van der Waals surface area contributed by atoms with Crippen molar-refractivity contribution in [2.75, 3.05) is 62.8 Å². The number of aryl methyl sites for hydroxylation is 1. The van der Waals surface area contributed by atoms with Gasteiger partial charge in [0.2, 0.25) is 5.88 Å². The molecule has 202 valence electrons. The number of amides is 2. The standard InChI is InChI=1S/C25H30F4N4O4/c1-16-10-20(26)21(30-24(35)33-3-2-17(15-33)14-25(27,28)29)13-19(16)18-11-22(32-4-7-36-8-5-32)31-23(12-18)37-9-6-34/h10-13,17,34H,2-9,14-15H2,1H3,(H,30,35)/t17-/m1/s1. The molecule has 2 fully saturated rings. The van der Waals surface area contributed by atoms with Crippen molar-refractivity contribution in [3.05, 3.63) is 35.6 Å². The van der Waals surface area contributed by atoms with Crippen LogP contribution in [0.5, 0.6) is 5.88 Å². The van der Waals surface area contributed by atoms with Gasteiger partial charge in [-0.15, -0.1) is 0 Å². The molecule has 0 saturated carbocycles. The molecule has 8 nitrogen and oxygen atoms in total. The number of aliphatic hydroxyl groups is 1. The number of rotatable bonds is 7. The summed E-state index contributed by atoms with van der Waals surface area (Å²) in [6.45, 7) is 4.08.